The van der Waals surface area contributed by atoms with Gasteiger partial charge in [0.1, 0.15) is 24.1 Å². The topological polar surface area (TPSA) is 161 Å². The number of H-pyrrole nitrogens is 1. The number of hydrogen-bond donors (Lipinski definition) is 2. The Morgan fingerprint density at radius 3 is 2.54 bits per heavy atom. The lowest BCUT2D eigenvalue weighted by atomic mass is 10.0. The maximum absolute atomic E-state index is 12.5. The van der Waals surface area contributed by atoms with Crippen molar-refractivity contribution in [2.24, 2.45) is 5.11 Å². The molecule has 1 aromatic heterocycles. The molecule has 1 unspecified atom stereocenters. The van der Waals surface area contributed by atoms with Gasteiger partial charge in [0.2, 0.25) is 0 Å². The van der Waals surface area contributed by atoms with Crippen LogP contribution in [0.5, 0.6) is 5.75 Å². The van der Waals surface area contributed by atoms with E-state index in [0.717, 1.165) is 15.7 Å². The molecule has 0 amide bonds. The van der Waals surface area contributed by atoms with Gasteiger partial charge < -0.3 is 24.1 Å². The van der Waals surface area contributed by atoms with Crippen LogP contribution in [0.3, 0.4) is 0 Å². The Labute approximate surface area is 224 Å². The second-order valence-electron chi connectivity index (χ2n) is 9.05. The molecule has 1 saturated heterocycles. The zero-order valence-corrected chi connectivity index (χ0v) is 21.5. The van der Waals surface area contributed by atoms with E-state index in [4.69, 9.17) is 24.5 Å². The first-order chi connectivity index (χ1) is 19.0. The Kier molecular flexibility index (Phi) is 9.90. The number of benzene rings is 2. The molecule has 12 heteroatoms. The number of nitrogens with one attached hydrogen (secondary N) is 1. The van der Waals surface area contributed by atoms with Gasteiger partial charge >= 0.3 is 5.69 Å². The molecule has 2 heterocycles. The van der Waals surface area contributed by atoms with Crippen LogP contribution in [0.1, 0.15) is 30.2 Å². The van der Waals surface area contributed by atoms with Crippen molar-refractivity contribution in [2.75, 3.05) is 13.7 Å². The van der Waals surface area contributed by atoms with Crippen molar-refractivity contribution in [2.45, 2.75) is 56.7 Å². The molecule has 1 fully saturated rings. The third kappa shape index (κ3) is 7.34. The maximum atomic E-state index is 12.5. The summed E-state index contributed by atoms with van der Waals surface area (Å²) in [6.07, 6.45) is -2.38. The Bertz CT molecular complexity index is 1360. The predicted octanol–water partition coefficient (Wildman–Crippen LogP) is 3.06. The Morgan fingerprint density at radius 1 is 1.10 bits per heavy atom. The normalized spacial score (nSPS) is 21.3. The van der Waals surface area contributed by atoms with E-state index in [1.807, 2.05) is 54.6 Å². The molecule has 0 radical (unpaired) electrons. The van der Waals surface area contributed by atoms with Gasteiger partial charge in [-0.25, -0.2) is 4.79 Å². The SMILES string of the molecule is COc1ccc(CO[C@@H]2C(O)[C@H](n3ccc(=O)[nH]c3=O)O[C@@H]2[C@@H](CCCN=[N+]=[N-])OCc2ccccc2)cc1. The number of aliphatic hydroxyl groups excluding tert-OH is 1. The second kappa shape index (κ2) is 13.7. The van der Waals surface area contributed by atoms with Gasteiger partial charge in [-0.1, -0.05) is 47.6 Å². The first-order valence-electron chi connectivity index (χ1n) is 12.6. The molecule has 2 N–H and O–H groups in total. The van der Waals surface area contributed by atoms with Crippen LogP contribution in [-0.4, -0.2) is 52.7 Å². The molecule has 0 spiro atoms. The lowest BCUT2D eigenvalue weighted by Crippen LogP contribution is -2.42. The van der Waals surface area contributed by atoms with E-state index in [1.54, 1.807) is 7.11 Å². The molecule has 0 aliphatic carbocycles. The minimum atomic E-state index is -1.25. The van der Waals surface area contributed by atoms with Crippen LogP contribution < -0.4 is 16.0 Å². The maximum Gasteiger partial charge on any atom is 0.330 e. The third-order valence-electron chi connectivity index (χ3n) is 6.46. The van der Waals surface area contributed by atoms with Crippen LogP contribution >= 0.6 is 0 Å². The van der Waals surface area contributed by atoms with Gasteiger partial charge in [0, 0.05) is 23.7 Å². The van der Waals surface area contributed by atoms with Gasteiger partial charge in [-0.2, -0.15) is 0 Å². The number of methoxy groups -OCH3 is 1. The van der Waals surface area contributed by atoms with Crippen LogP contribution in [0, 0.1) is 0 Å². The van der Waals surface area contributed by atoms with Crippen LogP contribution in [0.25, 0.3) is 10.4 Å². The Balaban J connectivity index is 1.60. The Morgan fingerprint density at radius 2 is 1.85 bits per heavy atom. The van der Waals surface area contributed by atoms with Crippen LogP contribution in [0.15, 0.2) is 81.6 Å². The zero-order valence-electron chi connectivity index (χ0n) is 21.5. The molecule has 4 rings (SSSR count). The summed E-state index contributed by atoms with van der Waals surface area (Å²) in [6.45, 7) is 0.692. The van der Waals surface area contributed by atoms with E-state index in [9.17, 15) is 14.7 Å². The first kappa shape index (κ1) is 28.1. The largest absolute Gasteiger partial charge is 0.497 e. The minimum absolute atomic E-state index is 0.156. The number of ether oxygens (including phenoxy) is 4. The number of aliphatic hydroxyl groups is 1. The average Bonchev–Trinajstić information content (AvgIpc) is 3.27. The van der Waals surface area contributed by atoms with Crippen LogP contribution in [0.4, 0.5) is 0 Å². The summed E-state index contributed by atoms with van der Waals surface area (Å²) >= 11 is 0. The molecule has 1 aliphatic heterocycles. The van der Waals surface area contributed by atoms with Gasteiger partial charge in [-0.3, -0.25) is 14.3 Å². The number of hydrogen-bond acceptors (Lipinski definition) is 8. The van der Waals surface area contributed by atoms with Crippen molar-refractivity contribution < 1.29 is 24.1 Å². The van der Waals surface area contributed by atoms with E-state index in [1.165, 1.54) is 12.3 Å². The summed E-state index contributed by atoms with van der Waals surface area (Å²) in [5.74, 6) is 0.702. The molecular formula is C27H31N5O7. The molecule has 2 aromatic carbocycles. The summed E-state index contributed by atoms with van der Waals surface area (Å²) in [7, 11) is 1.58. The van der Waals surface area contributed by atoms with Gasteiger partial charge in [-0.15, -0.1) is 0 Å². The van der Waals surface area contributed by atoms with Gasteiger partial charge in [0.25, 0.3) is 5.56 Å². The van der Waals surface area contributed by atoms with Crippen molar-refractivity contribution >= 4 is 0 Å². The van der Waals surface area contributed by atoms with Crippen LogP contribution in [0.2, 0.25) is 0 Å². The smallest absolute Gasteiger partial charge is 0.330 e. The molecule has 5 atom stereocenters. The molecular weight excluding hydrogens is 506 g/mol. The predicted molar refractivity (Wildman–Crippen MR) is 141 cm³/mol. The molecule has 0 bridgehead atoms. The Hall–Kier alpha value is -3.93. The van der Waals surface area contributed by atoms with E-state index in [-0.39, 0.29) is 19.8 Å². The van der Waals surface area contributed by atoms with Crippen molar-refractivity contribution in [3.63, 3.8) is 0 Å². The van der Waals surface area contributed by atoms with Gasteiger partial charge in [0.15, 0.2) is 6.23 Å². The standard InChI is InChI=1S/C27H31N5O7/c1-36-20-11-9-19(10-12-20)17-38-25-23(34)26(32-15-13-22(33)30-27(32)35)39-24(25)21(8-5-14-29-31-28)37-16-18-6-3-2-4-7-18/h2-4,6-7,9-13,15,21,23-26,34H,5,8,14,16-17H2,1H3,(H,30,33,35)/t21-,23?,24-,25-,26-/m1/s1. The summed E-state index contributed by atoms with van der Waals surface area (Å²) in [5.41, 5.74) is 9.18. The molecule has 3 aromatic rings. The van der Waals surface area contributed by atoms with Crippen molar-refractivity contribution in [1.29, 1.82) is 0 Å². The third-order valence-corrected chi connectivity index (χ3v) is 6.46. The van der Waals surface area contributed by atoms with E-state index < -0.39 is 41.9 Å². The van der Waals surface area contributed by atoms with Crippen molar-refractivity contribution in [3.05, 3.63) is 109 Å². The average molecular weight is 538 g/mol. The quantitative estimate of drug-likeness (QED) is 0.147. The number of rotatable bonds is 13. The minimum Gasteiger partial charge on any atom is -0.497 e. The fraction of sp³-hybridized carbons (Fsp3) is 0.407. The molecule has 1 aliphatic rings. The lowest BCUT2D eigenvalue weighted by molar-refractivity contribution is -0.127. The zero-order chi connectivity index (χ0) is 27.6. The van der Waals surface area contributed by atoms with E-state index in [0.29, 0.717) is 18.6 Å². The highest BCUT2D eigenvalue weighted by molar-refractivity contribution is 5.26. The van der Waals surface area contributed by atoms with Crippen LogP contribution in [-0.2, 0) is 27.4 Å². The fourth-order valence-electron chi connectivity index (χ4n) is 4.47. The summed E-state index contributed by atoms with van der Waals surface area (Å²) in [4.78, 5) is 29.1. The number of azide groups is 1. The molecule has 39 heavy (non-hydrogen) atoms. The summed E-state index contributed by atoms with van der Waals surface area (Å²) in [6, 6.07) is 18.1. The first-order valence-corrected chi connectivity index (χ1v) is 12.6. The number of nitrogens with zero attached hydrogens (tertiary/aromatic N) is 4. The van der Waals surface area contributed by atoms with Crippen molar-refractivity contribution in [3.8, 4) is 5.75 Å². The highest BCUT2D eigenvalue weighted by Gasteiger charge is 2.49. The fourth-order valence-corrected chi connectivity index (χ4v) is 4.47. The van der Waals surface area contributed by atoms with Crippen molar-refractivity contribution in [1.82, 2.24) is 9.55 Å². The summed E-state index contributed by atoms with van der Waals surface area (Å²) in [5, 5.41) is 14.9. The van der Waals surface area contributed by atoms with Gasteiger partial charge in [-0.05, 0) is 41.6 Å². The highest BCUT2D eigenvalue weighted by atomic mass is 16.6. The number of aromatic amines is 1. The molecule has 12 nitrogen and oxygen atoms in total. The monoisotopic (exact) mass is 537 g/mol. The van der Waals surface area contributed by atoms with E-state index >= 15 is 0 Å². The molecule has 0 saturated carbocycles. The molecule has 206 valence electrons. The van der Waals surface area contributed by atoms with Gasteiger partial charge in [0.05, 0.1) is 26.4 Å². The summed E-state index contributed by atoms with van der Waals surface area (Å²) < 4.78 is 25.1. The highest BCUT2D eigenvalue weighted by Crippen LogP contribution is 2.35. The number of aromatic nitrogens is 2. The lowest BCUT2D eigenvalue weighted by Gasteiger charge is -2.28. The second-order valence-corrected chi connectivity index (χ2v) is 9.05. The van der Waals surface area contributed by atoms with E-state index in [2.05, 4.69) is 15.0 Å².